The second-order valence-electron chi connectivity index (χ2n) is 11.0. The van der Waals surface area contributed by atoms with Gasteiger partial charge in [0.15, 0.2) is 0 Å². The van der Waals surface area contributed by atoms with E-state index in [0.717, 1.165) is 11.1 Å². The lowest BCUT2D eigenvalue weighted by Gasteiger charge is -2.28. The lowest BCUT2D eigenvalue weighted by atomic mass is 10.0. The summed E-state index contributed by atoms with van der Waals surface area (Å²) >= 11 is 0. The largest absolute Gasteiger partial charge is 0.455 e. The normalized spacial score (nSPS) is 24.7. The zero-order valence-electron chi connectivity index (χ0n) is 26.7. The number of allylic oxidation sites excluding steroid dienone is 4. The van der Waals surface area contributed by atoms with E-state index in [4.69, 9.17) is 18.9 Å². The van der Waals surface area contributed by atoms with Crippen molar-refractivity contribution in [3.05, 3.63) is 96.1 Å². The van der Waals surface area contributed by atoms with Crippen molar-refractivity contribution in [1.82, 2.24) is 10.6 Å². The molecule has 2 N–H and O–H groups in total. The van der Waals surface area contributed by atoms with Gasteiger partial charge in [0.25, 0.3) is 0 Å². The van der Waals surface area contributed by atoms with E-state index in [1.54, 1.807) is 14.2 Å². The van der Waals surface area contributed by atoms with E-state index >= 15 is 0 Å². The van der Waals surface area contributed by atoms with Crippen molar-refractivity contribution in [1.29, 1.82) is 0 Å². The van der Waals surface area contributed by atoms with Crippen LogP contribution in [0.15, 0.2) is 85.0 Å². The van der Waals surface area contributed by atoms with E-state index in [2.05, 4.69) is 10.6 Å². The molecule has 0 radical (unpaired) electrons. The summed E-state index contributed by atoms with van der Waals surface area (Å²) in [6, 6.07) is 18.0. The lowest BCUT2D eigenvalue weighted by molar-refractivity contribution is -0.153. The van der Waals surface area contributed by atoms with E-state index in [1.807, 2.05) is 85.0 Å². The molecular formula is C36H46N2O8. The van der Waals surface area contributed by atoms with Gasteiger partial charge in [-0.15, -0.1) is 0 Å². The molecule has 0 fully saturated rings. The second kappa shape index (κ2) is 20.7. The molecule has 2 aliphatic rings. The predicted molar refractivity (Wildman–Crippen MR) is 173 cm³/mol. The first kappa shape index (κ1) is 36.2. The third-order valence-electron chi connectivity index (χ3n) is 7.33. The van der Waals surface area contributed by atoms with Crippen molar-refractivity contribution < 1.29 is 38.1 Å². The first-order chi connectivity index (χ1) is 22.4. The summed E-state index contributed by atoms with van der Waals surface area (Å²) < 4.78 is 21.8. The van der Waals surface area contributed by atoms with Crippen molar-refractivity contribution in [3.8, 4) is 0 Å². The van der Waals surface area contributed by atoms with Crippen LogP contribution in [0.2, 0.25) is 0 Å². The molecule has 248 valence electrons. The topological polar surface area (TPSA) is 129 Å². The fraction of sp³-hybridized carbons (Fsp3) is 0.444. The summed E-state index contributed by atoms with van der Waals surface area (Å²) in [7, 11) is 3.13. The SMILES string of the molecule is COC[C@@H]1NC(=O)CC/C=C/CCC(=O)O[C@H]1c1ccccc1.COC[C@@H]1NC(=O)CC/C=C/CCC(=O)O[C@H]1c1ccccc1. The summed E-state index contributed by atoms with van der Waals surface area (Å²) in [5, 5.41) is 5.86. The van der Waals surface area contributed by atoms with Crippen LogP contribution in [-0.4, -0.2) is 63.3 Å². The Morgan fingerprint density at radius 3 is 1.26 bits per heavy atom. The number of rotatable bonds is 6. The molecule has 0 spiro atoms. The predicted octanol–water partition coefficient (Wildman–Crippen LogP) is 5.06. The highest BCUT2D eigenvalue weighted by Crippen LogP contribution is 2.25. The highest BCUT2D eigenvalue weighted by molar-refractivity contribution is 5.77. The molecule has 2 aliphatic heterocycles. The maximum atomic E-state index is 12.1. The quantitative estimate of drug-likeness (QED) is 0.333. The van der Waals surface area contributed by atoms with Gasteiger partial charge in [-0.3, -0.25) is 19.2 Å². The number of hydrogen-bond acceptors (Lipinski definition) is 8. The van der Waals surface area contributed by atoms with Gasteiger partial charge in [0, 0.05) is 39.9 Å². The minimum atomic E-state index is -0.559. The molecule has 0 unspecified atom stereocenters. The van der Waals surface area contributed by atoms with Crippen LogP contribution in [0.1, 0.15) is 74.7 Å². The van der Waals surface area contributed by atoms with Crippen molar-refractivity contribution in [2.45, 2.75) is 75.7 Å². The first-order valence-corrected chi connectivity index (χ1v) is 15.8. The van der Waals surface area contributed by atoms with Crippen LogP contribution in [0.3, 0.4) is 0 Å². The van der Waals surface area contributed by atoms with Gasteiger partial charge < -0.3 is 29.6 Å². The maximum absolute atomic E-state index is 12.1. The fourth-order valence-corrected chi connectivity index (χ4v) is 5.08. The number of methoxy groups -OCH3 is 2. The molecule has 0 bridgehead atoms. The second-order valence-corrected chi connectivity index (χ2v) is 11.0. The molecule has 2 aromatic rings. The zero-order valence-corrected chi connectivity index (χ0v) is 26.7. The molecule has 0 saturated heterocycles. The number of carbonyl (C=O) groups is 4. The summed E-state index contributed by atoms with van der Waals surface area (Å²) in [5.74, 6) is -0.706. The fourth-order valence-electron chi connectivity index (χ4n) is 5.08. The van der Waals surface area contributed by atoms with Gasteiger partial charge in [-0.2, -0.15) is 0 Å². The number of amides is 2. The molecule has 0 aliphatic carbocycles. The number of ether oxygens (including phenoxy) is 4. The van der Waals surface area contributed by atoms with Crippen molar-refractivity contribution in [2.75, 3.05) is 27.4 Å². The van der Waals surface area contributed by atoms with Gasteiger partial charge in [0.05, 0.1) is 25.3 Å². The average molecular weight is 635 g/mol. The van der Waals surface area contributed by atoms with Gasteiger partial charge in [0.1, 0.15) is 12.2 Å². The van der Waals surface area contributed by atoms with Crippen LogP contribution in [-0.2, 0) is 38.1 Å². The molecule has 2 heterocycles. The van der Waals surface area contributed by atoms with E-state index in [-0.39, 0.29) is 37.0 Å². The smallest absolute Gasteiger partial charge is 0.306 e. The van der Waals surface area contributed by atoms with E-state index in [9.17, 15) is 19.2 Å². The average Bonchev–Trinajstić information content (AvgIpc) is 3.05. The molecule has 4 rings (SSSR count). The molecule has 2 aromatic carbocycles. The van der Waals surface area contributed by atoms with Crippen LogP contribution >= 0.6 is 0 Å². The Kier molecular flexibility index (Phi) is 16.3. The van der Waals surface area contributed by atoms with E-state index < -0.39 is 24.3 Å². The van der Waals surface area contributed by atoms with E-state index in [1.165, 1.54) is 0 Å². The van der Waals surface area contributed by atoms with Crippen LogP contribution in [0, 0.1) is 0 Å². The highest BCUT2D eigenvalue weighted by atomic mass is 16.6. The van der Waals surface area contributed by atoms with Crippen molar-refractivity contribution >= 4 is 23.8 Å². The Hall–Kier alpha value is -4.28. The van der Waals surface area contributed by atoms with Gasteiger partial charge >= 0.3 is 11.9 Å². The van der Waals surface area contributed by atoms with Crippen molar-refractivity contribution in [2.24, 2.45) is 0 Å². The zero-order chi connectivity index (χ0) is 33.0. The molecule has 10 nitrogen and oxygen atoms in total. The molecular weight excluding hydrogens is 588 g/mol. The third-order valence-corrected chi connectivity index (χ3v) is 7.33. The van der Waals surface area contributed by atoms with Gasteiger partial charge in [-0.1, -0.05) is 85.0 Å². The molecule has 2 amide bonds. The number of hydrogen-bond donors (Lipinski definition) is 2. The third kappa shape index (κ3) is 13.0. The van der Waals surface area contributed by atoms with Gasteiger partial charge in [-0.25, -0.2) is 0 Å². The number of benzene rings is 2. The Morgan fingerprint density at radius 1 is 0.565 bits per heavy atom. The lowest BCUT2D eigenvalue weighted by Crippen LogP contribution is -2.43. The summed E-state index contributed by atoms with van der Waals surface area (Å²) in [5.41, 5.74) is 1.69. The van der Waals surface area contributed by atoms with Crippen LogP contribution in [0.5, 0.6) is 0 Å². The number of nitrogens with one attached hydrogen (secondary N) is 2. The molecule has 0 saturated carbocycles. The maximum Gasteiger partial charge on any atom is 0.306 e. The molecule has 46 heavy (non-hydrogen) atoms. The van der Waals surface area contributed by atoms with Gasteiger partial charge in [0.2, 0.25) is 11.8 Å². The number of carbonyl (C=O) groups excluding carboxylic acids is 4. The summed E-state index contributed by atoms with van der Waals surface area (Å²) in [4.78, 5) is 48.4. The standard InChI is InChI=1S/2C18H23NO4/c2*1-22-13-15-18(14-9-5-4-6-10-14)23-17(21)12-8-3-2-7-11-16(20)19-15/h2*2-6,9-10,15,18H,7-8,11-13H2,1H3,(H,19,20)/b2*3-2+/t2*15-,18-/m00/s1. The monoisotopic (exact) mass is 634 g/mol. The highest BCUT2D eigenvalue weighted by Gasteiger charge is 2.29. The number of cyclic esters (lactones) is 2. The Morgan fingerprint density at radius 2 is 0.913 bits per heavy atom. The van der Waals surface area contributed by atoms with Crippen LogP contribution in [0.25, 0.3) is 0 Å². The minimum absolute atomic E-state index is 0.0748. The Balaban J connectivity index is 0.000000250. The Labute approximate surface area is 271 Å². The van der Waals surface area contributed by atoms with Crippen LogP contribution in [0.4, 0.5) is 0 Å². The summed E-state index contributed by atoms with van der Waals surface area (Å²) in [6.07, 6.45) is 10.6. The van der Waals surface area contributed by atoms with Crippen LogP contribution < -0.4 is 10.6 Å². The van der Waals surface area contributed by atoms with Crippen molar-refractivity contribution in [3.63, 3.8) is 0 Å². The van der Waals surface area contributed by atoms with Gasteiger partial charge in [-0.05, 0) is 36.8 Å². The molecule has 10 heteroatoms. The first-order valence-electron chi connectivity index (χ1n) is 15.8. The molecule has 0 aromatic heterocycles. The molecule has 4 atom stereocenters. The summed E-state index contributed by atoms with van der Waals surface area (Å²) in [6.45, 7) is 0.544. The number of esters is 2. The van der Waals surface area contributed by atoms with E-state index in [0.29, 0.717) is 51.4 Å². The minimum Gasteiger partial charge on any atom is -0.455 e. The Bertz CT molecular complexity index is 1180.